The molecular weight excluding hydrogens is 267 g/mol. The predicted molar refractivity (Wildman–Crippen MR) is 54.2 cm³/mol. The number of hydrogen-bond acceptors (Lipinski definition) is 3. The topological polar surface area (TPSA) is 26.3 Å². The maximum atomic E-state index is 12.4. The van der Waals surface area contributed by atoms with Crippen molar-refractivity contribution in [3.05, 3.63) is 0 Å². The van der Waals surface area contributed by atoms with Crippen LogP contribution in [-0.2, 0) is 9.53 Å². The molecule has 0 aromatic carbocycles. The summed E-state index contributed by atoms with van der Waals surface area (Å²) in [7, 11) is 0. The minimum absolute atomic E-state index is 0.214. The molecule has 0 aliphatic heterocycles. The molecule has 0 radical (unpaired) electrons. The zero-order chi connectivity index (χ0) is 13.5. The Balaban J connectivity index is 3.75. The molecule has 2 nitrogen and oxygen atoms in total. The van der Waals surface area contributed by atoms with Gasteiger partial charge in [-0.1, -0.05) is 6.92 Å². The molecule has 0 saturated heterocycles. The Morgan fingerprint density at radius 3 is 2.29 bits per heavy atom. The van der Waals surface area contributed by atoms with E-state index < -0.39 is 30.2 Å². The van der Waals surface area contributed by atoms with Gasteiger partial charge < -0.3 is 4.74 Å². The zero-order valence-corrected chi connectivity index (χ0v) is 9.97. The van der Waals surface area contributed by atoms with Crippen LogP contribution >= 0.6 is 11.8 Å². The summed E-state index contributed by atoms with van der Waals surface area (Å²) in [6.45, 7) is 2.00. The highest BCUT2D eigenvalue weighted by Crippen LogP contribution is 2.38. The van der Waals surface area contributed by atoms with E-state index in [1.165, 1.54) is 0 Å². The van der Waals surface area contributed by atoms with Crippen molar-refractivity contribution >= 4 is 17.7 Å². The standard InChI is InChI=1S/C9H13F5O2S/c1-2-4-16-7(15)6-17-5-3-8(10,11)9(12,13)14/h2-6H2,1H3. The first kappa shape index (κ1) is 16.5. The maximum absolute atomic E-state index is 12.4. The molecule has 17 heavy (non-hydrogen) atoms. The number of esters is 1. The number of halogens is 5. The summed E-state index contributed by atoms with van der Waals surface area (Å²) in [5.41, 5.74) is 0. The summed E-state index contributed by atoms with van der Waals surface area (Å²) < 4.78 is 64.6. The SMILES string of the molecule is CCCOC(=O)CSCCC(F)(F)C(F)(F)F. The Morgan fingerprint density at radius 2 is 1.82 bits per heavy atom. The molecule has 0 aromatic rings. The summed E-state index contributed by atoms with van der Waals surface area (Å²) in [5, 5.41) is 0. The molecule has 0 atom stereocenters. The van der Waals surface area contributed by atoms with Crippen LogP contribution in [0.15, 0.2) is 0 Å². The van der Waals surface area contributed by atoms with Crippen molar-refractivity contribution in [2.24, 2.45) is 0 Å². The first-order valence-electron chi connectivity index (χ1n) is 4.88. The summed E-state index contributed by atoms with van der Waals surface area (Å²) in [6, 6.07) is 0. The number of carbonyl (C=O) groups is 1. The van der Waals surface area contributed by atoms with Crippen molar-refractivity contribution in [3.63, 3.8) is 0 Å². The van der Waals surface area contributed by atoms with Crippen LogP contribution in [0.2, 0.25) is 0 Å². The minimum atomic E-state index is -5.53. The van der Waals surface area contributed by atoms with Crippen LogP contribution < -0.4 is 0 Å². The average Bonchev–Trinajstić information content (AvgIpc) is 2.20. The van der Waals surface area contributed by atoms with Gasteiger partial charge in [0.05, 0.1) is 12.4 Å². The van der Waals surface area contributed by atoms with Gasteiger partial charge in [0.25, 0.3) is 0 Å². The third-order valence-electron chi connectivity index (χ3n) is 1.66. The van der Waals surface area contributed by atoms with E-state index in [0.29, 0.717) is 18.2 Å². The number of thioether (sulfide) groups is 1. The van der Waals surface area contributed by atoms with Crippen molar-refractivity contribution in [1.29, 1.82) is 0 Å². The first-order valence-corrected chi connectivity index (χ1v) is 6.04. The van der Waals surface area contributed by atoms with Gasteiger partial charge in [0.2, 0.25) is 0 Å². The minimum Gasteiger partial charge on any atom is -0.465 e. The van der Waals surface area contributed by atoms with E-state index in [4.69, 9.17) is 0 Å². The second-order valence-electron chi connectivity index (χ2n) is 3.23. The molecule has 0 unspecified atom stereocenters. The molecular formula is C9H13F5O2S. The molecule has 0 N–H and O–H groups in total. The lowest BCUT2D eigenvalue weighted by Crippen LogP contribution is -2.36. The normalized spacial score (nSPS) is 12.6. The third kappa shape index (κ3) is 6.70. The molecule has 0 amide bonds. The Kier molecular flexibility index (Phi) is 6.81. The molecule has 0 aliphatic rings. The Labute approximate surface area is 99.9 Å². The average molecular weight is 280 g/mol. The maximum Gasteiger partial charge on any atom is 0.453 e. The molecule has 0 rings (SSSR count). The van der Waals surface area contributed by atoms with Crippen LogP contribution in [0.25, 0.3) is 0 Å². The highest BCUT2D eigenvalue weighted by molar-refractivity contribution is 7.99. The fraction of sp³-hybridized carbons (Fsp3) is 0.889. The molecule has 0 heterocycles. The van der Waals surface area contributed by atoms with Crippen molar-refractivity contribution in [2.45, 2.75) is 31.9 Å². The van der Waals surface area contributed by atoms with Gasteiger partial charge >= 0.3 is 18.1 Å². The molecule has 0 bridgehead atoms. The van der Waals surface area contributed by atoms with Crippen LogP contribution in [0.1, 0.15) is 19.8 Å². The van der Waals surface area contributed by atoms with Gasteiger partial charge in [-0.15, -0.1) is 11.8 Å². The summed E-state index contributed by atoms with van der Waals surface area (Å²) in [5.74, 6) is -5.97. The highest BCUT2D eigenvalue weighted by Gasteiger charge is 2.56. The number of rotatable bonds is 7. The van der Waals surface area contributed by atoms with Gasteiger partial charge in [-0.3, -0.25) is 4.79 Å². The molecule has 0 aliphatic carbocycles. The Hall–Kier alpha value is -0.530. The van der Waals surface area contributed by atoms with Crippen LogP contribution in [-0.4, -0.2) is 36.2 Å². The molecule has 0 spiro atoms. The fourth-order valence-corrected chi connectivity index (χ4v) is 1.55. The van der Waals surface area contributed by atoms with Gasteiger partial charge in [0.1, 0.15) is 0 Å². The van der Waals surface area contributed by atoms with Crippen molar-refractivity contribution in [1.82, 2.24) is 0 Å². The van der Waals surface area contributed by atoms with Crippen LogP contribution in [0.5, 0.6) is 0 Å². The van der Waals surface area contributed by atoms with E-state index in [0.717, 1.165) is 0 Å². The highest BCUT2D eigenvalue weighted by atomic mass is 32.2. The Bertz CT molecular complexity index is 242. The van der Waals surface area contributed by atoms with Gasteiger partial charge in [0.15, 0.2) is 0 Å². The first-order chi connectivity index (χ1) is 7.70. The molecule has 0 fully saturated rings. The molecule has 0 saturated carbocycles. The van der Waals surface area contributed by atoms with Crippen molar-refractivity contribution < 1.29 is 31.5 Å². The fourth-order valence-electron chi connectivity index (χ4n) is 0.755. The van der Waals surface area contributed by atoms with Crippen molar-refractivity contribution in [2.75, 3.05) is 18.1 Å². The van der Waals surface area contributed by atoms with Crippen LogP contribution in [0, 0.1) is 0 Å². The van der Waals surface area contributed by atoms with Gasteiger partial charge in [-0.25, -0.2) is 0 Å². The van der Waals surface area contributed by atoms with Gasteiger partial charge in [0, 0.05) is 6.42 Å². The molecule has 0 aromatic heterocycles. The monoisotopic (exact) mass is 280 g/mol. The van der Waals surface area contributed by atoms with E-state index >= 15 is 0 Å². The van der Waals surface area contributed by atoms with E-state index in [-0.39, 0.29) is 12.4 Å². The lowest BCUT2D eigenvalue weighted by atomic mass is 10.2. The second-order valence-corrected chi connectivity index (χ2v) is 4.33. The number of ether oxygens (including phenoxy) is 1. The van der Waals surface area contributed by atoms with E-state index in [1.54, 1.807) is 6.92 Å². The largest absolute Gasteiger partial charge is 0.465 e. The van der Waals surface area contributed by atoms with E-state index in [2.05, 4.69) is 4.74 Å². The molecule has 102 valence electrons. The van der Waals surface area contributed by atoms with Crippen LogP contribution in [0.3, 0.4) is 0 Å². The third-order valence-corrected chi connectivity index (χ3v) is 2.59. The lowest BCUT2D eigenvalue weighted by Gasteiger charge is -2.18. The number of carbonyl (C=O) groups excluding carboxylic acids is 1. The summed E-state index contributed by atoms with van der Waals surface area (Å²) in [4.78, 5) is 10.9. The predicted octanol–water partition coefficient (Wildman–Crippen LogP) is 3.26. The van der Waals surface area contributed by atoms with Crippen LogP contribution in [0.4, 0.5) is 22.0 Å². The Morgan fingerprint density at radius 1 is 1.24 bits per heavy atom. The number of alkyl halides is 5. The summed E-state index contributed by atoms with van der Waals surface area (Å²) >= 11 is 0.700. The smallest absolute Gasteiger partial charge is 0.453 e. The number of hydrogen-bond donors (Lipinski definition) is 0. The quantitative estimate of drug-likeness (QED) is 0.407. The van der Waals surface area contributed by atoms with Crippen molar-refractivity contribution in [3.8, 4) is 0 Å². The molecule has 8 heteroatoms. The summed E-state index contributed by atoms with van der Waals surface area (Å²) in [6.07, 6.45) is -6.24. The van der Waals surface area contributed by atoms with E-state index in [1.807, 2.05) is 0 Å². The van der Waals surface area contributed by atoms with E-state index in [9.17, 15) is 26.7 Å². The van der Waals surface area contributed by atoms with Gasteiger partial charge in [-0.2, -0.15) is 22.0 Å². The second kappa shape index (κ2) is 7.03. The van der Waals surface area contributed by atoms with Gasteiger partial charge in [-0.05, 0) is 12.2 Å². The zero-order valence-electron chi connectivity index (χ0n) is 9.15. The lowest BCUT2D eigenvalue weighted by molar-refractivity contribution is -0.282.